The summed E-state index contributed by atoms with van der Waals surface area (Å²) in [5, 5.41) is 11.3. The predicted octanol–water partition coefficient (Wildman–Crippen LogP) is 4.42. The molecule has 0 unspecified atom stereocenters. The van der Waals surface area contributed by atoms with Crippen molar-refractivity contribution >= 4 is 14.5 Å². The van der Waals surface area contributed by atoms with Gasteiger partial charge in [-0.3, -0.25) is 0 Å². The first-order valence-corrected chi connectivity index (χ1v) is 8.83. The molecule has 0 fully saturated rings. The van der Waals surface area contributed by atoms with Crippen molar-refractivity contribution in [1.29, 1.82) is 0 Å². The Balaban J connectivity index is 4.48. The Morgan fingerprint density at radius 3 is 1.88 bits per heavy atom. The fraction of sp³-hybridized carbons (Fsp3) is 0.923. The Hall–Kier alpha value is -0.353. The van der Waals surface area contributed by atoms with E-state index in [1.165, 1.54) is 6.21 Å². The molecule has 0 radical (unpaired) electrons. The SMILES string of the molecule is CC(C)[Si](OCCCC=NO)(C(C)C)C(C)C. The van der Waals surface area contributed by atoms with Crippen molar-refractivity contribution in [3.05, 3.63) is 0 Å². The number of unbranched alkanes of at least 4 members (excludes halogenated alkanes) is 1. The van der Waals surface area contributed by atoms with Crippen molar-refractivity contribution in [1.82, 2.24) is 0 Å². The normalized spacial score (nSPS) is 13.5. The summed E-state index contributed by atoms with van der Waals surface area (Å²) >= 11 is 0. The van der Waals surface area contributed by atoms with Crippen molar-refractivity contribution in [2.45, 2.75) is 71.0 Å². The lowest BCUT2D eigenvalue weighted by atomic mass is 10.3. The van der Waals surface area contributed by atoms with E-state index in [2.05, 4.69) is 46.7 Å². The van der Waals surface area contributed by atoms with Gasteiger partial charge in [0.1, 0.15) is 0 Å². The highest BCUT2D eigenvalue weighted by Crippen LogP contribution is 2.42. The van der Waals surface area contributed by atoms with Crippen LogP contribution in [-0.4, -0.2) is 26.3 Å². The number of rotatable bonds is 8. The maximum absolute atomic E-state index is 8.33. The quantitative estimate of drug-likeness (QED) is 0.230. The average Bonchev–Trinajstić information content (AvgIpc) is 2.21. The zero-order valence-electron chi connectivity index (χ0n) is 12.2. The Kier molecular flexibility index (Phi) is 7.71. The summed E-state index contributed by atoms with van der Waals surface area (Å²) < 4.78 is 6.36. The van der Waals surface area contributed by atoms with Crippen LogP contribution in [-0.2, 0) is 4.43 Å². The molecule has 0 aromatic rings. The van der Waals surface area contributed by atoms with Crippen LogP contribution in [0, 0.1) is 0 Å². The highest BCUT2D eigenvalue weighted by molar-refractivity contribution is 6.77. The number of oxime groups is 1. The van der Waals surface area contributed by atoms with Crippen LogP contribution in [0.1, 0.15) is 54.4 Å². The molecule has 0 rings (SSSR count). The monoisotopic (exact) mass is 259 g/mol. The van der Waals surface area contributed by atoms with Gasteiger partial charge in [-0.25, -0.2) is 0 Å². The summed E-state index contributed by atoms with van der Waals surface area (Å²) in [7, 11) is -1.69. The van der Waals surface area contributed by atoms with Crippen LogP contribution in [0.5, 0.6) is 0 Å². The second-order valence-corrected chi connectivity index (χ2v) is 11.1. The van der Waals surface area contributed by atoms with Gasteiger partial charge >= 0.3 is 0 Å². The largest absolute Gasteiger partial charge is 0.416 e. The van der Waals surface area contributed by atoms with Crippen LogP contribution in [0.2, 0.25) is 16.6 Å². The summed E-state index contributed by atoms with van der Waals surface area (Å²) in [6, 6.07) is 0. The van der Waals surface area contributed by atoms with E-state index in [0.717, 1.165) is 19.4 Å². The molecule has 0 aliphatic heterocycles. The smallest absolute Gasteiger partial charge is 0.200 e. The van der Waals surface area contributed by atoms with Gasteiger partial charge in [-0.1, -0.05) is 41.5 Å². The molecule has 0 aromatic carbocycles. The first-order chi connectivity index (χ1) is 7.89. The van der Waals surface area contributed by atoms with E-state index in [4.69, 9.17) is 9.63 Å². The van der Waals surface area contributed by atoms with E-state index < -0.39 is 8.32 Å². The lowest BCUT2D eigenvalue weighted by molar-refractivity contribution is 0.273. The molecule has 102 valence electrons. The molecule has 0 aliphatic rings. The van der Waals surface area contributed by atoms with Crippen LogP contribution in [0.15, 0.2) is 5.16 Å². The molecular formula is C13H29NO2Si. The van der Waals surface area contributed by atoms with Gasteiger partial charge in [-0.2, -0.15) is 0 Å². The van der Waals surface area contributed by atoms with Gasteiger partial charge in [0.25, 0.3) is 0 Å². The van der Waals surface area contributed by atoms with Crippen LogP contribution in [0.4, 0.5) is 0 Å². The molecule has 0 atom stereocenters. The topological polar surface area (TPSA) is 41.8 Å². The Morgan fingerprint density at radius 1 is 1.06 bits per heavy atom. The summed E-state index contributed by atoms with van der Waals surface area (Å²) in [4.78, 5) is 0. The van der Waals surface area contributed by atoms with Crippen molar-refractivity contribution in [2.75, 3.05) is 6.61 Å². The molecule has 0 bridgehead atoms. The van der Waals surface area contributed by atoms with Crippen molar-refractivity contribution in [3.63, 3.8) is 0 Å². The van der Waals surface area contributed by atoms with Crippen LogP contribution in [0.3, 0.4) is 0 Å². The van der Waals surface area contributed by atoms with Gasteiger partial charge in [-0.05, 0) is 29.5 Å². The number of hydrogen-bond acceptors (Lipinski definition) is 3. The van der Waals surface area contributed by atoms with Gasteiger partial charge in [0.2, 0.25) is 0 Å². The summed E-state index contributed by atoms with van der Waals surface area (Å²) in [6.07, 6.45) is 3.26. The molecule has 0 amide bonds. The van der Waals surface area contributed by atoms with Crippen molar-refractivity contribution in [2.24, 2.45) is 5.16 Å². The standard InChI is InChI=1S/C13H29NO2Si/c1-11(2)17(12(3)4,13(5)6)16-10-8-7-9-14-15/h9,11-13,15H,7-8,10H2,1-6H3. The lowest BCUT2D eigenvalue weighted by Crippen LogP contribution is -2.47. The van der Waals surface area contributed by atoms with E-state index in [1.807, 2.05) is 0 Å². The molecule has 0 aliphatic carbocycles. The third kappa shape index (κ3) is 4.43. The minimum Gasteiger partial charge on any atom is -0.416 e. The van der Waals surface area contributed by atoms with Gasteiger partial charge in [-0.15, -0.1) is 5.16 Å². The highest BCUT2D eigenvalue weighted by Gasteiger charge is 2.44. The average molecular weight is 259 g/mol. The molecule has 0 saturated carbocycles. The molecule has 0 heterocycles. The molecular weight excluding hydrogens is 230 g/mol. The predicted molar refractivity (Wildman–Crippen MR) is 76.5 cm³/mol. The van der Waals surface area contributed by atoms with Crippen molar-refractivity contribution < 1.29 is 9.63 Å². The third-order valence-corrected chi connectivity index (χ3v) is 9.74. The number of nitrogens with zero attached hydrogens (tertiary/aromatic N) is 1. The second kappa shape index (κ2) is 7.87. The number of hydrogen-bond donors (Lipinski definition) is 1. The Bertz CT molecular complexity index is 206. The fourth-order valence-corrected chi connectivity index (χ4v) is 8.48. The van der Waals surface area contributed by atoms with E-state index in [-0.39, 0.29) is 0 Å². The first kappa shape index (κ1) is 16.6. The zero-order chi connectivity index (χ0) is 13.5. The Labute approximate surface area is 107 Å². The highest BCUT2D eigenvalue weighted by atomic mass is 28.4. The second-order valence-electron chi connectivity index (χ2n) is 5.61. The van der Waals surface area contributed by atoms with E-state index in [9.17, 15) is 0 Å². The fourth-order valence-electron chi connectivity index (χ4n) is 2.98. The van der Waals surface area contributed by atoms with Gasteiger partial charge in [0, 0.05) is 12.8 Å². The Morgan fingerprint density at radius 2 is 1.53 bits per heavy atom. The maximum Gasteiger partial charge on any atom is 0.200 e. The van der Waals surface area contributed by atoms with Gasteiger partial charge in [0.15, 0.2) is 8.32 Å². The minimum absolute atomic E-state index is 0.633. The molecule has 0 spiro atoms. The third-order valence-electron chi connectivity index (χ3n) is 3.62. The van der Waals surface area contributed by atoms with Crippen molar-refractivity contribution in [3.8, 4) is 0 Å². The molecule has 1 N–H and O–H groups in total. The zero-order valence-corrected chi connectivity index (χ0v) is 13.2. The summed E-state index contributed by atoms with van der Waals surface area (Å²) in [6.45, 7) is 14.5. The minimum atomic E-state index is -1.69. The summed E-state index contributed by atoms with van der Waals surface area (Å²) in [5.74, 6) is 0. The summed E-state index contributed by atoms with van der Waals surface area (Å²) in [5.41, 5.74) is 1.90. The molecule has 0 saturated heterocycles. The first-order valence-electron chi connectivity index (χ1n) is 6.69. The lowest BCUT2D eigenvalue weighted by Gasteiger charge is -2.42. The van der Waals surface area contributed by atoms with Crippen LogP contribution < -0.4 is 0 Å². The van der Waals surface area contributed by atoms with Gasteiger partial charge < -0.3 is 9.63 Å². The molecule has 0 aromatic heterocycles. The molecule has 3 nitrogen and oxygen atoms in total. The maximum atomic E-state index is 8.33. The van der Waals surface area contributed by atoms with E-state index in [0.29, 0.717) is 16.6 Å². The molecule has 4 heteroatoms. The molecule has 17 heavy (non-hydrogen) atoms. The van der Waals surface area contributed by atoms with Crippen LogP contribution >= 0.6 is 0 Å². The van der Waals surface area contributed by atoms with Gasteiger partial charge in [0.05, 0.1) is 0 Å². The van der Waals surface area contributed by atoms with Crippen LogP contribution in [0.25, 0.3) is 0 Å². The van der Waals surface area contributed by atoms with E-state index in [1.54, 1.807) is 0 Å². The van der Waals surface area contributed by atoms with E-state index >= 15 is 0 Å².